The van der Waals surface area contributed by atoms with Gasteiger partial charge in [-0.2, -0.15) is 0 Å². The molecule has 1 amide bonds. The van der Waals surface area contributed by atoms with Crippen molar-refractivity contribution in [3.63, 3.8) is 0 Å². The molecule has 2 aromatic carbocycles. The minimum atomic E-state index is 0.192. The average molecular weight is 334 g/mol. The molecule has 25 heavy (non-hydrogen) atoms. The monoisotopic (exact) mass is 334 g/mol. The van der Waals surface area contributed by atoms with Crippen LogP contribution < -0.4 is 0 Å². The minimum absolute atomic E-state index is 0.192. The van der Waals surface area contributed by atoms with Crippen LogP contribution in [0.4, 0.5) is 0 Å². The van der Waals surface area contributed by atoms with E-state index in [-0.39, 0.29) is 5.91 Å². The van der Waals surface area contributed by atoms with E-state index in [2.05, 4.69) is 42.2 Å². The Kier molecular flexibility index (Phi) is 4.34. The van der Waals surface area contributed by atoms with Crippen LogP contribution in [0.2, 0.25) is 0 Å². The molecule has 0 aromatic heterocycles. The third kappa shape index (κ3) is 3.21. The van der Waals surface area contributed by atoms with Crippen LogP contribution in [0.1, 0.15) is 39.0 Å². The Hall–Kier alpha value is -2.13. The maximum absolute atomic E-state index is 12.9. The van der Waals surface area contributed by atoms with Gasteiger partial charge in [0.1, 0.15) is 0 Å². The molecule has 0 spiro atoms. The van der Waals surface area contributed by atoms with Gasteiger partial charge >= 0.3 is 0 Å². The average Bonchev–Trinajstić information content (AvgIpc) is 3.11. The van der Waals surface area contributed by atoms with Gasteiger partial charge in [0.05, 0.1) is 0 Å². The van der Waals surface area contributed by atoms with Gasteiger partial charge in [0.25, 0.3) is 5.91 Å². The maximum atomic E-state index is 12.9. The van der Waals surface area contributed by atoms with Crippen molar-refractivity contribution < 1.29 is 4.79 Å². The molecule has 130 valence electrons. The number of aryl methyl sites for hydroxylation is 2. The molecule has 1 atom stereocenters. The summed E-state index contributed by atoms with van der Waals surface area (Å²) in [6, 6.07) is 15.4. The fourth-order valence-electron chi connectivity index (χ4n) is 4.28. The van der Waals surface area contributed by atoms with Crippen LogP contribution in [0.15, 0.2) is 42.5 Å². The summed E-state index contributed by atoms with van der Waals surface area (Å²) in [6.07, 6.45) is 2.20. The minimum Gasteiger partial charge on any atom is -0.337 e. The maximum Gasteiger partial charge on any atom is 0.254 e. The summed E-state index contributed by atoms with van der Waals surface area (Å²) in [5, 5.41) is 0. The third-order valence-electron chi connectivity index (χ3n) is 5.74. The van der Waals surface area contributed by atoms with Crippen molar-refractivity contribution >= 4 is 5.91 Å². The SMILES string of the molecule is Cc1ccc(C(=O)N2CCC(N3CCc4ccccc4C3)C2)c(C)c1. The van der Waals surface area contributed by atoms with Gasteiger partial charge in [-0.3, -0.25) is 9.69 Å². The first-order chi connectivity index (χ1) is 12.1. The largest absolute Gasteiger partial charge is 0.337 e. The van der Waals surface area contributed by atoms with Crippen LogP contribution in [0.3, 0.4) is 0 Å². The van der Waals surface area contributed by atoms with Gasteiger partial charge in [-0.1, -0.05) is 42.0 Å². The van der Waals surface area contributed by atoms with Crippen LogP contribution in [0.25, 0.3) is 0 Å². The highest BCUT2D eigenvalue weighted by Gasteiger charge is 2.32. The molecule has 2 aliphatic rings. The summed E-state index contributed by atoms with van der Waals surface area (Å²) in [7, 11) is 0. The molecule has 2 aromatic rings. The number of likely N-dealkylation sites (tertiary alicyclic amines) is 1. The van der Waals surface area contributed by atoms with E-state index in [1.165, 1.54) is 16.7 Å². The summed E-state index contributed by atoms with van der Waals surface area (Å²) in [5.74, 6) is 0.192. The van der Waals surface area contributed by atoms with Crippen LogP contribution in [0, 0.1) is 13.8 Å². The lowest BCUT2D eigenvalue weighted by atomic mass is 9.98. The number of amides is 1. The Bertz CT molecular complexity index is 798. The van der Waals surface area contributed by atoms with E-state index < -0.39 is 0 Å². The Morgan fingerprint density at radius 1 is 1.04 bits per heavy atom. The normalized spacial score (nSPS) is 20.6. The van der Waals surface area contributed by atoms with Crippen molar-refractivity contribution in [2.24, 2.45) is 0 Å². The molecular formula is C22H26N2O. The van der Waals surface area contributed by atoms with Crippen molar-refractivity contribution in [3.8, 4) is 0 Å². The number of hydrogen-bond acceptors (Lipinski definition) is 2. The van der Waals surface area contributed by atoms with Crippen LogP contribution >= 0.6 is 0 Å². The number of fused-ring (bicyclic) bond motifs is 1. The molecule has 2 heterocycles. The second-order valence-electron chi connectivity index (χ2n) is 7.50. The Morgan fingerprint density at radius 2 is 1.84 bits per heavy atom. The summed E-state index contributed by atoms with van der Waals surface area (Å²) in [6.45, 7) is 7.96. The molecule has 0 radical (unpaired) electrons. The zero-order valence-corrected chi connectivity index (χ0v) is 15.2. The molecule has 0 saturated carbocycles. The lowest BCUT2D eigenvalue weighted by Crippen LogP contribution is -2.41. The third-order valence-corrected chi connectivity index (χ3v) is 5.74. The van der Waals surface area contributed by atoms with Gasteiger partial charge < -0.3 is 4.90 Å². The predicted molar refractivity (Wildman–Crippen MR) is 101 cm³/mol. The number of carbonyl (C=O) groups excluding carboxylic acids is 1. The van der Waals surface area contributed by atoms with Gasteiger partial charge in [-0.05, 0) is 49.4 Å². The number of benzene rings is 2. The highest BCUT2D eigenvalue weighted by Crippen LogP contribution is 2.25. The molecule has 3 heteroatoms. The van der Waals surface area contributed by atoms with E-state index in [1.807, 2.05) is 24.0 Å². The van der Waals surface area contributed by atoms with Gasteiger partial charge in [0.15, 0.2) is 0 Å². The van der Waals surface area contributed by atoms with E-state index in [0.29, 0.717) is 6.04 Å². The topological polar surface area (TPSA) is 23.6 Å². The number of carbonyl (C=O) groups is 1. The summed E-state index contributed by atoms with van der Waals surface area (Å²) >= 11 is 0. The van der Waals surface area contributed by atoms with E-state index >= 15 is 0 Å². The number of nitrogens with zero attached hydrogens (tertiary/aromatic N) is 2. The predicted octanol–water partition coefficient (Wildman–Crippen LogP) is 3.58. The molecular weight excluding hydrogens is 308 g/mol. The van der Waals surface area contributed by atoms with E-state index in [4.69, 9.17) is 0 Å². The van der Waals surface area contributed by atoms with E-state index in [9.17, 15) is 4.79 Å². The molecule has 1 saturated heterocycles. The van der Waals surface area contributed by atoms with Gasteiger partial charge in [-0.25, -0.2) is 0 Å². The molecule has 0 aliphatic carbocycles. The highest BCUT2D eigenvalue weighted by molar-refractivity contribution is 5.95. The second-order valence-corrected chi connectivity index (χ2v) is 7.50. The van der Waals surface area contributed by atoms with Gasteiger partial charge in [-0.15, -0.1) is 0 Å². The fraction of sp³-hybridized carbons (Fsp3) is 0.409. The van der Waals surface area contributed by atoms with Crippen molar-refractivity contribution in [2.75, 3.05) is 19.6 Å². The Labute approximate surface area is 150 Å². The Morgan fingerprint density at radius 3 is 2.64 bits per heavy atom. The van der Waals surface area contributed by atoms with Gasteiger partial charge in [0, 0.05) is 37.8 Å². The zero-order valence-electron chi connectivity index (χ0n) is 15.2. The van der Waals surface area contributed by atoms with Crippen molar-refractivity contribution in [3.05, 3.63) is 70.3 Å². The second kappa shape index (κ2) is 6.64. The Balaban J connectivity index is 1.44. The molecule has 1 unspecified atom stereocenters. The summed E-state index contributed by atoms with van der Waals surface area (Å²) in [4.78, 5) is 17.5. The molecule has 3 nitrogen and oxygen atoms in total. The first-order valence-corrected chi connectivity index (χ1v) is 9.29. The van der Waals surface area contributed by atoms with E-state index in [1.54, 1.807) is 0 Å². The first kappa shape index (κ1) is 16.3. The standard InChI is InChI=1S/C22H26N2O/c1-16-7-8-21(17(2)13-16)22(25)24-12-10-20(15-24)23-11-9-18-5-3-4-6-19(18)14-23/h3-8,13,20H,9-12,14-15H2,1-2H3. The van der Waals surface area contributed by atoms with Crippen molar-refractivity contribution in [1.82, 2.24) is 9.80 Å². The lowest BCUT2D eigenvalue weighted by molar-refractivity contribution is 0.0772. The van der Waals surface area contributed by atoms with Crippen molar-refractivity contribution in [1.29, 1.82) is 0 Å². The molecule has 2 aliphatic heterocycles. The smallest absolute Gasteiger partial charge is 0.254 e. The number of rotatable bonds is 2. The van der Waals surface area contributed by atoms with Crippen LogP contribution in [-0.2, 0) is 13.0 Å². The first-order valence-electron chi connectivity index (χ1n) is 9.29. The molecule has 4 rings (SSSR count). The quantitative estimate of drug-likeness (QED) is 0.838. The van der Waals surface area contributed by atoms with Gasteiger partial charge in [0.2, 0.25) is 0 Å². The summed E-state index contributed by atoms with van der Waals surface area (Å²) < 4.78 is 0. The van der Waals surface area contributed by atoms with Crippen molar-refractivity contribution in [2.45, 2.75) is 39.3 Å². The van der Waals surface area contributed by atoms with Crippen LogP contribution in [0.5, 0.6) is 0 Å². The number of hydrogen-bond donors (Lipinski definition) is 0. The fourth-order valence-corrected chi connectivity index (χ4v) is 4.28. The zero-order chi connectivity index (χ0) is 17.4. The van der Waals surface area contributed by atoms with E-state index in [0.717, 1.165) is 50.1 Å². The molecule has 1 fully saturated rings. The summed E-state index contributed by atoms with van der Waals surface area (Å²) in [5.41, 5.74) is 6.09. The molecule has 0 N–H and O–H groups in total. The van der Waals surface area contributed by atoms with Crippen LogP contribution in [-0.4, -0.2) is 41.4 Å². The highest BCUT2D eigenvalue weighted by atomic mass is 16.2. The molecule has 0 bridgehead atoms. The lowest BCUT2D eigenvalue weighted by Gasteiger charge is -2.33.